The van der Waals surface area contributed by atoms with E-state index >= 15 is 0 Å². The first-order valence-corrected chi connectivity index (χ1v) is 8.27. The van der Waals surface area contributed by atoms with E-state index in [1.807, 2.05) is 0 Å². The molecule has 0 bridgehead atoms. The summed E-state index contributed by atoms with van der Waals surface area (Å²) in [5.41, 5.74) is 5.25. The minimum absolute atomic E-state index is 0.173. The van der Waals surface area contributed by atoms with Crippen molar-refractivity contribution in [3.05, 3.63) is 0 Å². The number of nitrogens with one attached hydrogen (secondary N) is 1. The van der Waals surface area contributed by atoms with Crippen molar-refractivity contribution in [3.8, 4) is 0 Å². The highest BCUT2D eigenvalue weighted by molar-refractivity contribution is 5.85. The Balaban J connectivity index is 1.99. The monoisotopic (exact) mass is 297 g/mol. The van der Waals surface area contributed by atoms with Gasteiger partial charge in [-0.2, -0.15) is 0 Å². The van der Waals surface area contributed by atoms with Crippen molar-refractivity contribution in [2.24, 2.45) is 11.7 Å². The van der Waals surface area contributed by atoms with Gasteiger partial charge < -0.3 is 15.8 Å². The van der Waals surface area contributed by atoms with E-state index in [4.69, 9.17) is 10.5 Å². The number of carbonyl (C=O) groups excluding carboxylic acids is 1. The average Bonchev–Trinajstić information content (AvgIpc) is 3.11. The first kappa shape index (κ1) is 16.7. The molecule has 5 nitrogen and oxygen atoms in total. The predicted octanol–water partition coefficient (Wildman–Crippen LogP) is 1.12. The zero-order valence-corrected chi connectivity index (χ0v) is 13.7. The smallest absolute Gasteiger partial charge is 0.237 e. The van der Waals surface area contributed by atoms with E-state index in [1.165, 1.54) is 12.8 Å². The lowest BCUT2D eigenvalue weighted by atomic mass is 9.95. The summed E-state index contributed by atoms with van der Waals surface area (Å²) < 4.78 is 5.24. The lowest BCUT2D eigenvalue weighted by molar-refractivity contribution is -0.124. The van der Waals surface area contributed by atoms with Crippen LogP contribution in [0.2, 0.25) is 0 Å². The third-order valence-corrected chi connectivity index (χ3v) is 4.72. The highest BCUT2D eigenvalue weighted by Gasteiger charge is 2.47. The van der Waals surface area contributed by atoms with Crippen LogP contribution in [0.3, 0.4) is 0 Å². The molecule has 122 valence electrons. The van der Waals surface area contributed by atoms with E-state index < -0.39 is 5.54 Å². The molecule has 2 aliphatic rings. The predicted molar refractivity (Wildman–Crippen MR) is 84.0 cm³/mol. The maximum absolute atomic E-state index is 12.0. The number of hydrogen-bond donors (Lipinski definition) is 2. The van der Waals surface area contributed by atoms with Crippen LogP contribution in [0.4, 0.5) is 0 Å². The maximum atomic E-state index is 12.0. The summed E-state index contributed by atoms with van der Waals surface area (Å²) in [5.74, 6) is 0.440. The number of primary amides is 1. The van der Waals surface area contributed by atoms with E-state index in [0.717, 1.165) is 39.0 Å². The van der Waals surface area contributed by atoms with Crippen LogP contribution in [0.25, 0.3) is 0 Å². The highest BCUT2D eigenvalue weighted by Crippen LogP contribution is 2.36. The summed E-state index contributed by atoms with van der Waals surface area (Å²) in [6.45, 7) is 7.18. The van der Waals surface area contributed by atoms with E-state index in [9.17, 15) is 4.79 Å². The van der Waals surface area contributed by atoms with Crippen LogP contribution < -0.4 is 11.1 Å². The molecule has 0 spiro atoms. The summed E-state index contributed by atoms with van der Waals surface area (Å²) in [6, 6.07) is 0.940. The SMILES string of the molecule is COCCN(CC(C)C)C1CCC(NC2CC2)(C(N)=O)C1. The molecule has 2 rings (SSSR count). The highest BCUT2D eigenvalue weighted by atomic mass is 16.5. The third kappa shape index (κ3) is 4.41. The van der Waals surface area contributed by atoms with Crippen molar-refractivity contribution >= 4 is 5.91 Å². The van der Waals surface area contributed by atoms with Crippen LogP contribution >= 0.6 is 0 Å². The number of hydrogen-bond acceptors (Lipinski definition) is 4. The summed E-state index contributed by atoms with van der Waals surface area (Å²) in [4.78, 5) is 14.5. The number of amides is 1. The number of nitrogens with two attached hydrogens (primary N) is 1. The minimum Gasteiger partial charge on any atom is -0.383 e. The topological polar surface area (TPSA) is 67.6 Å². The fourth-order valence-electron chi connectivity index (χ4n) is 3.48. The van der Waals surface area contributed by atoms with Crippen molar-refractivity contribution in [1.29, 1.82) is 0 Å². The zero-order valence-electron chi connectivity index (χ0n) is 13.7. The Hall–Kier alpha value is -0.650. The van der Waals surface area contributed by atoms with Crippen LogP contribution in [0.1, 0.15) is 46.0 Å². The van der Waals surface area contributed by atoms with Crippen LogP contribution in [-0.2, 0) is 9.53 Å². The van der Waals surface area contributed by atoms with Gasteiger partial charge in [0.25, 0.3) is 0 Å². The zero-order chi connectivity index (χ0) is 15.5. The molecule has 2 atom stereocenters. The average molecular weight is 297 g/mol. The quantitative estimate of drug-likeness (QED) is 0.669. The van der Waals surface area contributed by atoms with Gasteiger partial charge in [0, 0.05) is 32.3 Å². The van der Waals surface area contributed by atoms with Crippen LogP contribution in [0, 0.1) is 5.92 Å². The molecule has 0 aromatic heterocycles. The van der Waals surface area contributed by atoms with Crippen molar-refractivity contribution in [2.45, 2.75) is 63.6 Å². The fourth-order valence-corrected chi connectivity index (χ4v) is 3.48. The van der Waals surface area contributed by atoms with Crippen molar-refractivity contribution < 1.29 is 9.53 Å². The lowest BCUT2D eigenvalue weighted by Crippen LogP contribution is -2.55. The second-order valence-corrected chi connectivity index (χ2v) is 7.14. The Labute approximate surface area is 128 Å². The minimum atomic E-state index is -0.478. The van der Waals surface area contributed by atoms with Crippen LogP contribution in [-0.4, -0.2) is 55.2 Å². The first-order valence-electron chi connectivity index (χ1n) is 8.27. The molecular weight excluding hydrogens is 266 g/mol. The summed E-state index contributed by atoms with van der Waals surface area (Å²) >= 11 is 0. The van der Waals surface area contributed by atoms with Gasteiger partial charge >= 0.3 is 0 Å². The number of ether oxygens (including phenoxy) is 1. The molecule has 3 N–H and O–H groups in total. The van der Waals surface area contributed by atoms with E-state index in [2.05, 4.69) is 24.1 Å². The fraction of sp³-hybridized carbons (Fsp3) is 0.938. The molecule has 0 radical (unpaired) electrons. The summed E-state index contributed by atoms with van der Waals surface area (Å²) in [6.07, 6.45) is 5.11. The Morgan fingerprint density at radius 2 is 2.14 bits per heavy atom. The second kappa shape index (κ2) is 7.07. The standard InChI is InChI=1S/C16H31N3O2/c1-12(2)11-19(8-9-21-3)14-6-7-16(10-14,15(17)20)18-13-4-5-13/h12-14,18H,4-11H2,1-3H3,(H2,17,20). The van der Waals surface area contributed by atoms with Crippen molar-refractivity contribution in [3.63, 3.8) is 0 Å². The van der Waals surface area contributed by atoms with Gasteiger partial charge in [0.2, 0.25) is 5.91 Å². The summed E-state index contributed by atoms with van der Waals surface area (Å²) in [7, 11) is 1.74. The number of methoxy groups -OCH3 is 1. The van der Waals surface area contributed by atoms with Gasteiger partial charge in [0.1, 0.15) is 0 Å². The van der Waals surface area contributed by atoms with Gasteiger partial charge in [0.15, 0.2) is 0 Å². The number of rotatable bonds is 9. The molecule has 2 unspecified atom stereocenters. The third-order valence-electron chi connectivity index (χ3n) is 4.72. The van der Waals surface area contributed by atoms with E-state index in [0.29, 0.717) is 18.0 Å². The summed E-state index contributed by atoms with van der Waals surface area (Å²) in [5, 5.41) is 3.53. The molecule has 0 aliphatic heterocycles. The molecule has 1 amide bonds. The van der Waals surface area contributed by atoms with Gasteiger partial charge in [-0.1, -0.05) is 13.8 Å². The molecule has 5 heteroatoms. The molecule has 0 saturated heterocycles. The molecule has 0 heterocycles. The molecule has 21 heavy (non-hydrogen) atoms. The van der Waals surface area contributed by atoms with Gasteiger partial charge in [-0.15, -0.1) is 0 Å². The molecule has 2 aliphatic carbocycles. The van der Waals surface area contributed by atoms with Gasteiger partial charge in [-0.3, -0.25) is 9.69 Å². The Bertz CT molecular complexity index is 357. The van der Waals surface area contributed by atoms with Gasteiger partial charge in [0.05, 0.1) is 12.1 Å². The maximum Gasteiger partial charge on any atom is 0.237 e. The molecular formula is C16H31N3O2. The van der Waals surface area contributed by atoms with E-state index in [1.54, 1.807) is 7.11 Å². The second-order valence-electron chi connectivity index (χ2n) is 7.14. The van der Waals surface area contributed by atoms with Crippen LogP contribution in [0.5, 0.6) is 0 Å². The first-order chi connectivity index (χ1) is 9.97. The number of nitrogens with zero attached hydrogens (tertiary/aromatic N) is 1. The molecule has 0 aromatic rings. The molecule has 2 saturated carbocycles. The largest absolute Gasteiger partial charge is 0.383 e. The van der Waals surface area contributed by atoms with Gasteiger partial charge in [-0.05, 0) is 38.0 Å². The van der Waals surface area contributed by atoms with E-state index in [-0.39, 0.29) is 5.91 Å². The Kier molecular flexibility index (Phi) is 5.63. The lowest BCUT2D eigenvalue weighted by Gasteiger charge is -2.32. The van der Waals surface area contributed by atoms with Crippen LogP contribution in [0.15, 0.2) is 0 Å². The number of carbonyl (C=O) groups is 1. The Morgan fingerprint density at radius 1 is 1.43 bits per heavy atom. The van der Waals surface area contributed by atoms with Crippen molar-refractivity contribution in [2.75, 3.05) is 26.8 Å². The Morgan fingerprint density at radius 3 is 2.67 bits per heavy atom. The van der Waals surface area contributed by atoms with Crippen molar-refractivity contribution in [1.82, 2.24) is 10.2 Å². The molecule has 0 aromatic carbocycles. The molecule has 2 fully saturated rings. The van der Waals surface area contributed by atoms with Gasteiger partial charge in [-0.25, -0.2) is 0 Å². The normalized spacial score (nSPS) is 29.5.